The Morgan fingerprint density at radius 3 is 2.85 bits per heavy atom. The Kier molecular flexibility index (Phi) is 5.41. The van der Waals surface area contributed by atoms with Crippen LogP contribution in [0.3, 0.4) is 0 Å². The quantitative estimate of drug-likeness (QED) is 0.849. The number of para-hydroxylation sites is 1. The maximum atomic E-state index is 5.91. The molecule has 3 heteroatoms. The van der Waals surface area contributed by atoms with E-state index >= 15 is 0 Å². The molecule has 1 aromatic carbocycles. The highest BCUT2D eigenvalue weighted by atomic mass is 32.1. The summed E-state index contributed by atoms with van der Waals surface area (Å²) in [6.45, 7) is 6.70. The number of hydrogen-bond donors (Lipinski definition) is 1. The number of anilines is 1. The van der Waals surface area contributed by atoms with E-state index in [1.54, 1.807) is 0 Å². The van der Waals surface area contributed by atoms with E-state index in [2.05, 4.69) is 30.9 Å². The standard InChI is InChI=1S/C17H26N2S/c1-3-6-14-8-5-11-19(12-10-14)16-13(2)7-4-9-15(16)17(18)20/h4,7,9,14H,3,5-6,8,10-12H2,1-2H3,(H2,18,20). The second-order valence-corrected chi connectivity index (χ2v) is 6.35. The Morgan fingerprint density at radius 1 is 1.35 bits per heavy atom. The molecule has 0 saturated carbocycles. The summed E-state index contributed by atoms with van der Waals surface area (Å²) >= 11 is 5.23. The van der Waals surface area contributed by atoms with Gasteiger partial charge in [0, 0.05) is 24.3 Å². The molecule has 1 saturated heterocycles. The lowest BCUT2D eigenvalue weighted by molar-refractivity contribution is 0.435. The average molecular weight is 290 g/mol. The molecule has 2 nitrogen and oxygen atoms in total. The second-order valence-electron chi connectivity index (χ2n) is 5.91. The summed E-state index contributed by atoms with van der Waals surface area (Å²) in [5, 5.41) is 0. The van der Waals surface area contributed by atoms with E-state index in [9.17, 15) is 0 Å². The molecule has 0 aliphatic carbocycles. The summed E-state index contributed by atoms with van der Waals surface area (Å²) in [6.07, 6.45) is 6.59. The summed E-state index contributed by atoms with van der Waals surface area (Å²) in [7, 11) is 0. The van der Waals surface area contributed by atoms with Crippen molar-refractivity contribution in [3.05, 3.63) is 29.3 Å². The van der Waals surface area contributed by atoms with Crippen molar-refractivity contribution in [2.45, 2.75) is 46.0 Å². The lowest BCUT2D eigenvalue weighted by Gasteiger charge is -2.27. The Balaban J connectivity index is 2.21. The molecular formula is C17H26N2S. The number of benzene rings is 1. The molecule has 1 aliphatic rings. The van der Waals surface area contributed by atoms with Gasteiger partial charge in [0.05, 0.1) is 0 Å². The monoisotopic (exact) mass is 290 g/mol. The molecule has 0 spiro atoms. The van der Waals surface area contributed by atoms with Gasteiger partial charge in [-0.1, -0.05) is 44.1 Å². The van der Waals surface area contributed by atoms with Crippen molar-refractivity contribution in [3.8, 4) is 0 Å². The van der Waals surface area contributed by atoms with Crippen molar-refractivity contribution >= 4 is 22.9 Å². The summed E-state index contributed by atoms with van der Waals surface area (Å²) < 4.78 is 0. The van der Waals surface area contributed by atoms with Crippen LogP contribution < -0.4 is 10.6 Å². The third-order valence-corrected chi connectivity index (χ3v) is 4.58. The minimum absolute atomic E-state index is 0.512. The van der Waals surface area contributed by atoms with Gasteiger partial charge in [-0.05, 0) is 43.7 Å². The number of nitrogens with two attached hydrogens (primary N) is 1. The van der Waals surface area contributed by atoms with Crippen molar-refractivity contribution in [1.82, 2.24) is 0 Å². The zero-order valence-corrected chi connectivity index (χ0v) is 13.5. The van der Waals surface area contributed by atoms with Crippen molar-refractivity contribution in [1.29, 1.82) is 0 Å². The Bertz CT molecular complexity index is 470. The number of hydrogen-bond acceptors (Lipinski definition) is 2. The van der Waals surface area contributed by atoms with E-state index < -0.39 is 0 Å². The van der Waals surface area contributed by atoms with Crippen molar-refractivity contribution < 1.29 is 0 Å². The van der Waals surface area contributed by atoms with E-state index in [0.717, 1.165) is 24.6 Å². The van der Waals surface area contributed by atoms with Gasteiger partial charge in [-0.2, -0.15) is 0 Å². The summed E-state index contributed by atoms with van der Waals surface area (Å²) in [5.41, 5.74) is 9.49. The molecule has 1 unspecified atom stereocenters. The van der Waals surface area contributed by atoms with Gasteiger partial charge < -0.3 is 10.6 Å². The zero-order chi connectivity index (χ0) is 14.5. The highest BCUT2D eigenvalue weighted by Crippen LogP contribution is 2.30. The van der Waals surface area contributed by atoms with Gasteiger partial charge in [-0.15, -0.1) is 0 Å². The lowest BCUT2D eigenvalue weighted by atomic mass is 9.96. The highest BCUT2D eigenvalue weighted by molar-refractivity contribution is 7.80. The first kappa shape index (κ1) is 15.3. The molecule has 1 aliphatic heterocycles. The van der Waals surface area contributed by atoms with Gasteiger partial charge in [-0.3, -0.25) is 0 Å². The molecule has 0 bridgehead atoms. The molecule has 1 heterocycles. The molecule has 110 valence electrons. The average Bonchev–Trinajstić information content (AvgIpc) is 2.64. The van der Waals surface area contributed by atoms with E-state index in [-0.39, 0.29) is 0 Å². The predicted octanol–water partition coefficient (Wildman–Crippen LogP) is 4.04. The van der Waals surface area contributed by atoms with E-state index in [1.807, 2.05) is 6.07 Å². The molecule has 0 aromatic heterocycles. The molecule has 2 rings (SSSR count). The largest absolute Gasteiger partial charge is 0.389 e. The lowest BCUT2D eigenvalue weighted by Crippen LogP contribution is -2.28. The Morgan fingerprint density at radius 2 is 2.15 bits per heavy atom. The first-order valence-corrected chi connectivity index (χ1v) is 8.18. The van der Waals surface area contributed by atoms with Gasteiger partial charge in [-0.25, -0.2) is 0 Å². The smallest absolute Gasteiger partial charge is 0.106 e. The van der Waals surface area contributed by atoms with E-state index in [1.165, 1.54) is 43.4 Å². The van der Waals surface area contributed by atoms with Crippen LogP contribution in [0, 0.1) is 12.8 Å². The van der Waals surface area contributed by atoms with Crippen LogP contribution in [0.5, 0.6) is 0 Å². The Hall–Kier alpha value is -1.09. The maximum Gasteiger partial charge on any atom is 0.106 e. The topological polar surface area (TPSA) is 29.3 Å². The van der Waals surface area contributed by atoms with Gasteiger partial charge in [0.25, 0.3) is 0 Å². The molecule has 1 atom stereocenters. The molecule has 2 N–H and O–H groups in total. The summed E-state index contributed by atoms with van der Waals surface area (Å²) in [4.78, 5) is 3.01. The van der Waals surface area contributed by atoms with Gasteiger partial charge >= 0.3 is 0 Å². The number of rotatable bonds is 4. The summed E-state index contributed by atoms with van der Waals surface area (Å²) in [5.74, 6) is 0.891. The van der Waals surface area contributed by atoms with Gasteiger partial charge in [0.15, 0.2) is 0 Å². The summed E-state index contributed by atoms with van der Waals surface area (Å²) in [6, 6.07) is 6.26. The molecular weight excluding hydrogens is 264 g/mol. The van der Waals surface area contributed by atoms with Crippen molar-refractivity contribution in [2.75, 3.05) is 18.0 Å². The SMILES string of the molecule is CCCC1CCCN(c2c(C)cccc2C(N)=S)CC1. The first-order chi connectivity index (χ1) is 9.63. The van der Waals surface area contributed by atoms with Crippen LogP contribution in [-0.4, -0.2) is 18.1 Å². The van der Waals surface area contributed by atoms with Crippen molar-refractivity contribution in [3.63, 3.8) is 0 Å². The molecule has 1 aromatic rings. The van der Waals surface area contributed by atoms with Crippen LogP contribution >= 0.6 is 12.2 Å². The molecule has 1 fully saturated rings. The minimum atomic E-state index is 0.512. The van der Waals surface area contributed by atoms with Crippen LogP contribution in [0.4, 0.5) is 5.69 Å². The zero-order valence-electron chi connectivity index (χ0n) is 12.7. The minimum Gasteiger partial charge on any atom is -0.389 e. The van der Waals surface area contributed by atoms with E-state index in [0.29, 0.717) is 4.99 Å². The number of aryl methyl sites for hydroxylation is 1. The van der Waals surface area contributed by atoms with Gasteiger partial charge in [0.2, 0.25) is 0 Å². The van der Waals surface area contributed by atoms with Crippen LogP contribution in [0.1, 0.15) is 50.2 Å². The predicted molar refractivity (Wildman–Crippen MR) is 91.5 cm³/mol. The fourth-order valence-electron chi connectivity index (χ4n) is 3.36. The van der Waals surface area contributed by atoms with E-state index in [4.69, 9.17) is 18.0 Å². The fraction of sp³-hybridized carbons (Fsp3) is 0.588. The first-order valence-electron chi connectivity index (χ1n) is 7.77. The third kappa shape index (κ3) is 3.51. The molecule has 20 heavy (non-hydrogen) atoms. The highest BCUT2D eigenvalue weighted by Gasteiger charge is 2.20. The maximum absolute atomic E-state index is 5.91. The normalized spacial score (nSPS) is 19.7. The Labute approximate surface area is 128 Å². The van der Waals surface area contributed by atoms with Crippen LogP contribution in [0.2, 0.25) is 0 Å². The fourth-order valence-corrected chi connectivity index (χ4v) is 3.53. The molecule has 0 radical (unpaired) electrons. The molecule has 0 amide bonds. The second kappa shape index (κ2) is 7.07. The van der Waals surface area contributed by atoms with Crippen molar-refractivity contribution in [2.24, 2.45) is 11.7 Å². The third-order valence-electron chi connectivity index (χ3n) is 4.36. The van der Waals surface area contributed by atoms with Crippen LogP contribution in [0.15, 0.2) is 18.2 Å². The van der Waals surface area contributed by atoms with Crippen LogP contribution in [0.25, 0.3) is 0 Å². The number of nitrogens with zero attached hydrogens (tertiary/aromatic N) is 1. The van der Waals surface area contributed by atoms with Gasteiger partial charge in [0.1, 0.15) is 4.99 Å². The van der Waals surface area contributed by atoms with Crippen LogP contribution in [-0.2, 0) is 0 Å². The number of thiocarbonyl (C=S) groups is 1.